The van der Waals surface area contributed by atoms with Gasteiger partial charge in [0, 0.05) is 18.5 Å². The van der Waals surface area contributed by atoms with Gasteiger partial charge in [0.25, 0.3) is 0 Å². The second-order valence-electron chi connectivity index (χ2n) is 8.09. The third kappa shape index (κ3) is 4.64. The molecule has 1 aromatic heterocycles. The van der Waals surface area contributed by atoms with E-state index in [1.54, 1.807) is 11.8 Å². The van der Waals surface area contributed by atoms with Crippen molar-refractivity contribution in [3.8, 4) is 0 Å². The topological polar surface area (TPSA) is 73.7 Å². The summed E-state index contributed by atoms with van der Waals surface area (Å²) in [6.45, 7) is 9.03. The van der Waals surface area contributed by atoms with Gasteiger partial charge < -0.3 is 14.4 Å². The van der Waals surface area contributed by atoms with Crippen LogP contribution in [0.15, 0.2) is 24.3 Å². The lowest BCUT2D eigenvalue weighted by atomic mass is 10.1. The quantitative estimate of drug-likeness (QED) is 0.748. The van der Waals surface area contributed by atoms with Gasteiger partial charge >= 0.3 is 12.1 Å². The minimum absolute atomic E-state index is 0.165. The van der Waals surface area contributed by atoms with Crippen LogP contribution in [0.1, 0.15) is 52.3 Å². The average molecular weight is 387 g/mol. The number of aromatic nitrogens is 2. The summed E-state index contributed by atoms with van der Waals surface area (Å²) >= 11 is 0. The molecule has 0 unspecified atom stereocenters. The number of hydrogen-bond donors (Lipinski definition) is 0. The first-order valence-corrected chi connectivity index (χ1v) is 9.88. The highest BCUT2D eigenvalue weighted by Gasteiger charge is 2.29. The molecule has 7 nitrogen and oxygen atoms in total. The largest absolute Gasteiger partial charge is 0.466 e. The summed E-state index contributed by atoms with van der Waals surface area (Å²) in [5.41, 5.74) is 1.26. The predicted molar refractivity (Wildman–Crippen MR) is 106 cm³/mol. The molecular formula is C21H29N3O4. The van der Waals surface area contributed by atoms with E-state index in [0.717, 1.165) is 29.4 Å². The maximum absolute atomic E-state index is 12.3. The maximum Gasteiger partial charge on any atom is 0.410 e. The first-order chi connectivity index (χ1) is 13.3. The maximum atomic E-state index is 12.3. The molecular weight excluding hydrogens is 358 g/mol. The Kier molecular flexibility index (Phi) is 5.91. The highest BCUT2D eigenvalue weighted by atomic mass is 16.6. The van der Waals surface area contributed by atoms with E-state index in [4.69, 9.17) is 14.6 Å². The van der Waals surface area contributed by atoms with E-state index < -0.39 is 5.60 Å². The number of piperidine rings is 1. The molecule has 0 aliphatic carbocycles. The Balaban J connectivity index is 1.74. The Morgan fingerprint density at radius 3 is 2.50 bits per heavy atom. The van der Waals surface area contributed by atoms with Gasteiger partial charge in [-0.3, -0.25) is 9.48 Å². The van der Waals surface area contributed by atoms with Gasteiger partial charge in [0.15, 0.2) is 0 Å². The standard InChI is InChI=1S/C21H29N3O4/c1-5-27-19(25)14-17-16-8-6-7-9-18(16)24(22-17)15-10-12-23(13-11-15)20(26)28-21(2,3)4/h6-9,15H,5,10-14H2,1-4H3. The van der Waals surface area contributed by atoms with E-state index in [9.17, 15) is 9.59 Å². The van der Waals surface area contributed by atoms with E-state index in [1.807, 2.05) is 49.7 Å². The molecule has 0 radical (unpaired) electrons. The summed E-state index contributed by atoms with van der Waals surface area (Å²) < 4.78 is 12.6. The van der Waals surface area contributed by atoms with Crippen LogP contribution >= 0.6 is 0 Å². The molecule has 28 heavy (non-hydrogen) atoms. The molecule has 2 aromatic rings. The molecule has 0 bridgehead atoms. The first kappa shape index (κ1) is 20.2. The number of nitrogens with zero attached hydrogens (tertiary/aromatic N) is 3. The highest BCUT2D eigenvalue weighted by Crippen LogP contribution is 2.29. The van der Waals surface area contributed by atoms with Gasteiger partial charge in [-0.2, -0.15) is 5.10 Å². The van der Waals surface area contributed by atoms with Gasteiger partial charge in [-0.25, -0.2) is 4.79 Å². The van der Waals surface area contributed by atoms with Crippen molar-refractivity contribution in [3.05, 3.63) is 30.0 Å². The number of benzene rings is 1. The molecule has 1 aliphatic rings. The van der Waals surface area contributed by atoms with Crippen molar-refractivity contribution in [2.75, 3.05) is 19.7 Å². The van der Waals surface area contributed by atoms with Crippen molar-refractivity contribution in [2.45, 2.75) is 58.6 Å². The normalized spacial score (nSPS) is 15.6. The minimum Gasteiger partial charge on any atom is -0.466 e. The molecule has 152 valence electrons. The zero-order valence-electron chi connectivity index (χ0n) is 17.1. The monoisotopic (exact) mass is 387 g/mol. The second kappa shape index (κ2) is 8.20. The molecule has 0 saturated carbocycles. The third-order valence-electron chi connectivity index (χ3n) is 4.77. The lowest BCUT2D eigenvalue weighted by Gasteiger charge is -2.33. The molecule has 1 aliphatic heterocycles. The van der Waals surface area contributed by atoms with Crippen LogP contribution in [0.4, 0.5) is 4.79 Å². The lowest BCUT2D eigenvalue weighted by molar-refractivity contribution is -0.142. The molecule has 0 atom stereocenters. The number of rotatable bonds is 4. The molecule has 1 saturated heterocycles. The van der Waals surface area contributed by atoms with E-state index >= 15 is 0 Å². The van der Waals surface area contributed by atoms with Gasteiger partial charge in [-0.05, 0) is 46.6 Å². The Morgan fingerprint density at radius 2 is 1.86 bits per heavy atom. The van der Waals surface area contributed by atoms with Crippen LogP contribution in [-0.4, -0.2) is 52.0 Å². The van der Waals surface area contributed by atoms with E-state index in [1.165, 1.54) is 0 Å². The third-order valence-corrected chi connectivity index (χ3v) is 4.77. The Hall–Kier alpha value is -2.57. The number of hydrogen-bond acceptors (Lipinski definition) is 5. The van der Waals surface area contributed by atoms with Crippen molar-refractivity contribution < 1.29 is 19.1 Å². The van der Waals surface area contributed by atoms with Crippen LogP contribution in [0, 0.1) is 0 Å². The molecule has 1 fully saturated rings. The number of carbonyl (C=O) groups is 2. The molecule has 3 rings (SSSR count). The number of fused-ring (bicyclic) bond motifs is 1. The SMILES string of the molecule is CCOC(=O)Cc1nn(C2CCN(C(=O)OC(C)(C)C)CC2)c2ccccc12. The van der Waals surface area contributed by atoms with Crippen LogP contribution in [0.5, 0.6) is 0 Å². The Labute approximate surface area is 165 Å². The van der Waals surface area contributed by atoms with Gasteiger partial charge in [-0.15, -0.1) is 0 Å². The second-order valence-corrected chi connectivity index (χ2v) is 8.09. The van der Waals surface area contributed by atoms with Gasteiger partial charge in [0.05, 0.1) is 30.3 Å². The molecule has 0 N–H and O–H groups in total. The Morgan fingerprint density at radius 1 is 1.18 bits per heavy atom. The lowest BCUT2D eigenvalue weighted by Crippen LogP contribution is -2.42. The number of ether oxygens (including phenoxy) is 2. The van der Waals surface area contributed by atoms with Crippen LogP contribution in [0.3, 0.4) is 0 Å². The molecule has 2 heterocycles. The van der Waals surface area contributed by atoms with E-state index in [-0.39, 0.29) is 24.5 Å². The van der Waals surface area contributed by atoms with Gasteiger partial charge in [-0.1, -0.05) is 18.2 Å². The van der Waals surface area contributed by atoms with Crippen molar-refractivity contribution in [1.29, 1.82) is 0 Å². The van der Waals surface area contributed by atoms with Crippen molar-refractivity contribution >= 4 is 23.0 Å². The van der Waals surface area contributed by atoms with Crippen molar-refractivity contribution in [2.24, 2.45) is 0 Å². The fourth-order valence-corrected chi connectivity index (χ4v) is 3.53. The van der Waals surface area contributed by atoms with Crippen molar-refractivity contribution in [1.82, 2.24) is 14.7 Å². The summed E-state index contributed by atoms with van der Waals surface area (Å²) in [5, 5.41) is 5.72. The van der Waals surface area contributed by atoms with Gasteiger partial charge in [0.2, 0.25) is 0 Å². The van der Waals surface area contributed by atoms with Crippen molar-refractivity contribution in [3.63, 3.8) is 0 Å². The fraction of sp³-hybridized carbons (Fsp3) is 0.571. The average Bonchev–Trinajstić information content (AvgIpc) is 2.99. The Bertz CT molecular complexity index is 845. The van der Waals surface area contributed by atoms with E-state index in [0.29, 0.717) is 19.7 Å². The first-order valence-electron chi connectivity index (χ1n) is 9.88. The van der Waals surface area contributed by atoms with Crippen LogP contribution in [-0.2, 0) is 20.7 Å². The number of amides is 1. The molecule has 0 spiro atoms. The van der Waals surface area contributed by atoms with Crippen LogP contribution in [0.25, 0.3) is 10.9 Å². The predicted octanol–water partition coefficient (Wildman–Crippen LogP) is 3.71. The summed E-state index contributed by atoms with van der Waals surface area (Å²) in [6.07, 6.45) is 1.49. The zero-order valence-corrected chi connectivity index (χ0v) is 17.1. The van der Waals surface area contributed by atoms with Crippen LogP contribution in [0.2, 0.25) is 0 Å². The summed E-state index contributed by atoms with van der Waals surface area (Å²) in [5.74, 6) is -0.266. The number of carbonyl (C=O) groups excluding carboxylic acids is 2. The number of para-hydroxylation sites is 1. The molecule has 1 aromatic carbocycles. The molecule has 1 amide bonds. The highest BCUT2D eigenvalue weighted by molar-refractivity contribution is 5.86. The molecule has 7 heteroatoms. The summed E-state index contributed by atoms with van der Waals surface area (Å²) in [7, 11) is 0. The number of esters is 1. The summed E-state index contributed by atoms with van der Waals surface area (Å²) in [4.78, 5) is 26.0. The van der Waals surface area contributed by atoms with E-state index in [2.05, 4.69) is 0 Å². The smallest absolute Gasteiger partial charge is 0.410 e. The number of likely N-dealkylation sites (tertiary alicyclic amines) is 1. The minimum atomic E-state index is -0.492. The van der Waals surface area contributed by atoms with Crippen LogP contribution < -0.4 is 0 Å². The fourth-order valence-electron chi connectivity index (χ4n) is 3.53. The van der Waals surface area contributed by atoms with Gasteiger partial charge in [0.1, 0.15) is 5.60 Å². The summed E-state index contributed by atoms with van der Waals surface area (Å²) in [6, 6.07) is 8.12. The zero-order chi connectivity index (χ0) is 20.3.